The Hall–Kier alpha value is -0.0400. The van der Waals surface area contributed by atoms with Crippen molar-refractivity contribution in [1.82, 2.24) is 0 Å². The molecule has 0 aromatic carbocycles. The normalized spacial score (nSPS) is 18.8. The van der Waals surface area contributed by atoms with Crippen LogP contribution >= 0.6 is 0 Å². The summed E-state index contributed by atoms with van der Waals surface area (Å²) >= 11 is 0. The lowest BCUT2D eigenvalue weighted by Crippen LogP contribution is -2.18. The van der Waals surface area contributed by atoms with Gasteiger partial charge in [-0.15, -0.1) is 0 Å². The van der Waals surface area contributed by atoms with E-state index in [0.717, 1.165) is 0 Å². The highest BCUT2D eigenvalue weighted by Crippen LogP contribution is 2.12. The van der Waals surface area contributed by atoms with E-state index < -0.39 is 0 Å². The van der Waals surface area contributed by atoms with Crippen molar-refractivity contribution in [3.8, 4) is 0 Å². The lowest BCUT2D eigenvalue weighted by Gasteiger charge is -2.17. The number of rotatable bonds is 2. The van der Waals surface area contributed by atoms with E-state index in [9.17, 15) is 0 Å². The predicted octanol–water partition coefficient (Wildman–Crippen LogP) is 1.66. The van der Waals surface area contributed by atoms with Gasteiger partial charge in [0.25, 0.3) is 0 Å². The fourth-order valence-corrected chi connectivity index (χ4v) is 0.557. The second kappa shape index (κ2) is 3.08. The van der Waals surface area contributed by atoms with Crippen LogP contribution in [0.25, 0.3) is 0 Å². The lowest BCUT2D eigenvalue weighted by atomic mass is 9.93. The Morgan fingerprint density at radius 1 is 1.00 bits per heavy atom. The van der Waals surface area contributed by atoms with Gasteiger partial charge in [-0.1, -0.05) is 20.8 Å². The first-order chi connectivity index (χ1) is 3.55. The average molecular weight is 116 g/mol. The minimum absolute atomic E-state index is 0.157. The molecule has 0 rings (SSSR count). The molecule has 0 spiro atoms. The third-order valence-corrected chi connectivity index (χ3v) is 1.81. The van der Waals surface area contributed by atoms with Crippen LogP contribution < -0.4 is 0 Å². The summed E-state index contributed by atoms with van der Waals surface area (Å²) in [6.07, 6.45) is -0.157. The smallest absolute Gasteiger partial charge is 0.0540 e. The second-order valence-electron chi connectivity index (χ2n) is 2.84. The van der Waals surface area contributed by atoms with Gasteiger partial charge in [0.15, 0.2) is 0 Å². The van der Waals surface area contributed by atoms with Gasteiger partial charge in [-0.3, -0.25) is 0 Å². The third-order valence-electron chi connectivity index (χ3n) is 1.81. The minimum atomic E-state index is -0.157. The summed E-state index contributed by atoms with van der Waals surface area (Å²) in [7, 11) is 0. The highest BCUT2D eigenvalue weighted by atomic mass is 16.3. The highest BCUT2D eigenvalue weighted by Gasteiger charge is 2.11. The van der Waals surface area contributed by atoms with Crippen molar-refractivity contribution in [2.45, 2.75) is 33.8 Å². The largest absolute Gasteiger partial charge is 0.393 e. The van der Waals surface area contributed by atoms with Crippen LogP contribution in [0.3, 0.4) is 0 Å². The first-order valence-electron chi connectivity index (χ1n) is 3.23. The summed E-state index contributed by atoms with van der Waals surface area (Å²) in [6, 6.07) is 0. The fraction of sp³-hybridized carbons (Fsp3) is 1.00. The molecule has 0 radical (unpaired) electrons. The number of hydrogen-bond donors (Lipinski definition) is 1. The zero-order chi connectivity index (χ0) is 6.73. The maximum absolute atomic E-state index is 8.99. The zero-order valence-corrected chi connectivity index (χ0v) is 6.18. The van der Waals surface area contributed by atoms with Crippen LogP contribution in [0.15, 0.2) is 0 Å². The summed E-state index contributed by atoms with van der Waals surface area (Å²) < 4.78 is 0. The molecule has 0 heterocycles. The van der Waals surface area contributed by atoms with Crippen molar-refractivity contribution in [2.75, 3.05) is 0 Å². The number of aliphatic hydroxyl groups is 1. The Labute approximate surface area is 51.7 Å². The molecule has 0 saturated carbocycles. The molecule has 50 valence electrons. The molecule has 0 aliphatic rings. The van der Waals surface area contributed by atoms with E-state index in [-0.39, 0.29) is 6.10 Å². The Balaban J connectivity index is 3.46. The van der Waals surface area contributed by atoms with E-state index in [1.807, 2.05) is 6.92 Å². The molecule has 1 N–H and O–H groups in total. The van der Waals surface area contributed by atoms with Crippen LogP contribution in [0.2, 0.25) is 0 Å². The van der Waals surface area contributed by atoms with E-state index in [1.54, 1.807) is 0 Å². The zero-order valence-electron chi connectivity index (χ0n) is 6.18. The van der Waals surface area contributed by atoms with E-state index in [0.29, 0.717) is 11.8 Å². The molecule has 8 heavy (non-hydrogen) atoms. The molecule has 0 fully saturated rings. The van der Waals surface area contributed by atoms with Crippen LogP contribution in [-0.2, 0) is 0 Å². The van der Waals surface area contributed by atoms with Crippen LogP contribution in [0.1, 0.15) is 27.7 Å². The van der Waals surface area contributed by atoms with Gasteiger partial charge in [-0.2, -0.15) is 0 Å². The van der Waals surface area contributed by atoms with Gasteiger partial charge in [0.05, 0.1) is 6.10 Å². The van der Waals surface area contributed by atoms with Crippen molar-refractivity contribution < 1.29 is 5.11 Å². The molecule has 2 atom stereocenters. The summed E-state index contributed by atoms with van der Waals surface area (Å²) in [5.41, 5.74) is 0. The fourth-order valence-electron chi connectivity index (χ4n) is 0.557. The van der Waals surface area contributed by atoms with Crippen molar-refractivity contribution in [1.29, 1.82) is 0 Å². The SMILES string of the molecule is CC(C)[C@H](C)C(C)O. The third kappa shape index (κ3) is 2.31. The minimum Gasteiger partial charge on any atom is -0.393 e. The maximum Gasteiger partial charge on any atom is 0.0540 e. The first kappa shape index (κ1) is 7.96. The quantitative estimate of drug-likeness (QED) is 0.581. The highest BCUT2D eigenvalue weighted by molar-refractivity contribution is 4.61. The summed E-state index contributed by atoms with van der Waals surface area (Å²) in [6.45, 7) is 8.15. The molecular formula is C7H16O. The topological polar surface area (TPSA) is 20.2 Å². The van der Waals surface area contributed by atoms with Gasteiger partial charge < -0.3 is 5.11 Å². The van der Waals surface area contributed by atoms with Gasteiger partial charge >= 0.3 is 0 Å². The van der Waals surface area contributed by atoms with Crippen LogP contribution in [0.4, 0.5) is 0 Å². The van der Waals surface area contributed by atoms with Crippen LogP contribution in [0, 0.1) is 11.8 Å². The van der Waals surface area contributed by atoms with E-state index >= 15 is 0 Å². The van der Waals surface area contributed by atoms with Gasteiger partial charge in [-0.05, 0) is 18.8 Å². The lowest BCUT2D eigenvalue weighted by molar-refractivity contribution is 0.109. The predicted molar refractivity (Wildman–Crippen MR) is 35.7 cm³/mol. The molecule has 0 saturated heterocycles. The molecule has 1 heteroatoms. The van der Waals surface area contributed by atoms with Gasteiger partial charge in [0.1, 0.15) is 0 Å². The number of hydrogen-bond acceptors (Lipinski definition) is 1. The molecule has 0 aliphatic heterocycles. The summed E-state index contributed by atoms with van der Waals surface area (Å²) in [4.78, 5) is 0. The Bertz CT molecular complexity index is 49.4. The molecule has 0 amide bonds. The maximum atomic E-state index is 8.99. The van der Waals surface area contributed by atoms with Crippen molar-refractivity contribution in [3.63, 3.8) is 0 Å². The monoisotopic (exact) mass is 116 g/mol. The Kier molecular flexibility index (Phi) is 3.06. The van der Waals surface area contributed by atoms with E-state index in [1.165, 1.54) is 0 Å². The van der Waals surface area contributed by atoms with Crippen molar-refractivity contribution in [2.24, 2.45) is 11.8 Å². The number of aliphatic hydroxyl groups excluding tert-OH is 1. The van der Waals surface area contributed by atoms with E-state index in [4.69, 9.17) is 5.11 Å². The molecule has 0 bridgehead atoms. The van der Waals surface area contributed by atoms with Crippen LogP contribution in [-0.4, -0.2) is 11.2 Å². The van der Waals surface area contributed by atoms with Gasteiger partial charge in [0, 0.05) is 0 Å². The molecule has 0 aromatic rings. The standard InChI is InChI=1S/C7H16O/c1-5(2)6(3)7(4)8/h5-8H,1-4H3/t6-,7?/m0/s1. The average Bonchev–Trinajstić information content (AvgIpc) is 1.64. The molecule has 0 aromatic heterocycles. The first-order valence-corrected chi connectivity index (χ1v) is 3.23. The molecule has 1 nitrogen and oxygen atoms in total. The van der Waals surface area contributed by atoms with Gasteiger partial charge in [0.2, 0.25) is 0 Å². The summed E-state index contributed by atoms with van der Waals surface area (Å²) in [5.74, 6) is 1.02. The van der Waals surface area contributed by atoms with Crippen LogP contribution in [0.5, 0.6) is 0 Å². The Morgan fingerprint density at radius 2 is 1.38 bits per heavy atom. The van der Waals surface area contributed by atoms with Crippen molar-refractivity contribution in [3.05, 3.63) is 0 Å². The van der Waals surface area contributed by atoms with Gasteiger partial charge in [-0.25, -0.2) is 0 Å². The molecule has 0 aliphatic carbocycles. The van der Waals surface area contributed by atoms with E-state index in [2.05, 4.69) is 20.8 Å². The second-order valence-corrected chi connectivity index (χ2v) is 2.84. The molecular weight excluding hydrogens is 100 g/mol. The van der Waals surface area contributed by atoms with Crippen molar-refractivity contribution >= 4 is 0 Å². The summed E-state index contributed by atoms with van der Waals surface area (Å²) in [5, 5.41) is 8.99. The molecule has 1 unspecified atom stereocenters. The Morgan fingerprint density at radius 3 is 1.38 bits per heavy atom.